The van der Waals surface area contributed by atoms with E-state index in [0.717, 1.165) is 27.8 Å². The third kappa shape index (κ3) is 4.24. The summed E-state index contributed by atoms with van der Waals surface area (Å²) in [6, 6.07) is 0.647. The molecule has 0 aliphatic heterocycles. The van der Waals surface area contributed by atoms with E-state index < -0.39 is 0 Å². The first-order chi connectivity index (χ1) is 15.0. The van der Waals surface area contributed by atoms with E-state index in [-0.39, 0.29) is 6.04 Å². The van der Waals surface area contributed by atoms with Crippen LogP contribution in [0.4, 0.5) is 11.6 Å². The standard InChI is InChI=1S/C12H18N4.C11H17N5/c1-7(2)9-5-16(8(3)4)12-10(9)11(13)14-6-15-12;1-6(2)9-8-10(12)13-5-14-11(8)16(15-9)7(3)4/h5-8H,1-4H3,(H2,13,14,15);5-7H,1-4H3,(H2,12,13,14). The van der Waals surface area contributed by atoms with E-state index >= 15 is 0 Å². The van der Waals surface area contributed by atoms with Gasteiger partial charge in [0.15, 0.2) is 5.65 Å². The van der Waals surface area contributed by atoms with Crippen molar-refractivity contribution in [1.82, 2.24) is 34.3 Å². The number of aromatic nitrogens is 7. The Hall–Kier alpha value is -3.23. The van der Waals surface area contributed by atoms with Gasteiger partial charge in [-0.15, -0.1) is 0 Å². The van der Waals surface area contributed by atoms with Crippen molar-refractivity contribution in [3.05, 3.63) is 30.1 Å². The molecule has 0 saturated carbocycles. The summed E-state index contributed by atoms with van der Waals surface area (Å²) in [7, 11) is 0. The van der Waals surface area contributed by atoms with Crippen LogP contribution in [0.15, 0.2) is 18.9 Å². The van der Waals surface area contributed by atoms with Crippen LogP contribution in [0.3, 0.4) is 0 Å². The summed E-state index contributed by atoms with van der Waals surface area (Å²) in [5, 5.41) is 6.48. The maximum Gasteiger partial charge on any atom is 0.163 e. The fraction of sp³-hybridized carbons (Fsp3) is 0.522. The fourth-order valence-electron chi connectivity index (χ4n) is 3.76. The average molecular weight is 438 g/mol. The van der Waals surface area contributed by atoms with E-state index in [1.54, 1.807) is 0 Å². The predicted molar refractivity (Wildman–Crippen MR) is 131 cm³/mol. The predicted octanol–water partition coefficient (Wildman–Crippen LogP) is 4.83. The van der Waals surface area contributed by atoms with Crippen molar-refractivity contribution in [2.24, 2.45) is 0 Å². The molecular weight excluding hydrogens is 402 g/mol. The molecule has 0 radical (unpaired) electrons. The lowest BCUT2D eigenvalue weighted by Gasteiger charge is -2.07. The van der Waals surface area contributed by atoms with Crippen LogP contribution >= 0.6 is 0 Å². The Balaban J connectivity index is 0.000000181. The molecule has 9 nitrogen and oxygen atoms in total. The number of rotatable bonds is 4. The molecule has 0 aliphatic carbocycles. The highest BCUT2D eigenvalue weighted by atomic mass is 15.3. The molecule has 0 fully saturated rings. The van der Waals surface area contributed by atoms with Crippen molar-refractivity contribution in [3.63, 3.8) is 0 Å². The first-order valence-electron chi connectivity index (χ1n) is 11.1. The molecule has 0 aromatic carbocycles. The van der Waals surface area contributed by atoms with Crippen LogP contribution in [0.5, 0.6) is 0 Å². The van der Waals surface area contributed by atoms with Gasteiger partial charge < -0.3 is 16.0 Å². The van der Waals surface area contributed by atoms with E-state index in [2.05, 4.69) is 91.2 Å². The Bertz CT molecular complexity index is 1120. The maximum absolute atomic E-state index is 5.94. The molecule has 4 rings (SSSR count). The summed E-state index contributed by atoms with van der Waals surface area (Å²) in [5.74, 6) is 1.83. The lowest BCUT2D eigenvalue weighted by molar-refractivity contribution is 0.535. The second-order valence-corrected chi connectivity index (χ2v) is 9.23. The third-order valence-electron chi connectivity index (χ3n) is 5.43. The van der Waals surface area contributed by atoms with Gasteiger partial charge in [-0.25, -0.2) is 24.6 Å². The van der Waals surface area contributed by atoms with Gasteiger partial charge in [-0.05, 0) is 45.1 Å². The molecule has 4 N–H and O–H groups in total. The van der Waals surface area contributed by atoms with E-state index in [1.165, 1.54) is 18.2 Å². The Morgan fingerprint density at radius 2 is 1.25 bits per heavy atom. The van der Waals surface area contributed by atoms with Gasteiger partial charge in [-0.3, -0.25) is 0 Å². The molecule has 0 saturated heterocycles. The van der Waals surface area contributed by atoms with Crippen molar-refractivity contribution in [1.29, 1.82) is 0 Å². The first-order valence-corrected chi connectivity index (χ1v) is 11.1. The van der Waals surface area contributed by atoms with Gasteiger partial charge >= 0.3 is 0 Å². The normalized spacial score (nSPS) is 11.9. The van der Waals surface area contributed by atoms with Crippen LogP contribution in [0.2, 0.25) is 0 Å². The topological polar surface area (TPSA) is 126 Å². The molecule has 4 aromatic heterocycles. The summed E-state index contributed by atoms with van der Waals surface area (Å²) in [5.41, 5.74) is 15.8. The minimum Gasteiger partial charge on any atom is -0.383 e. The molecule has 0 aliphatic rings. The van der Waals surface area contributed by atoms with Crippen LogP contribution in [0.1, 0.15) is 90.6 Å². The smallest absolute Gasteiger partial charge is 0.163 e. The lowest BCUT2D eigenvalue weighted by Crippen LogP contribution is -2.04. The first kappa shape index (κ1) is 23.4. The monoisotopic (exact) mass is 437 g/mol. The number of anilines is 2. The summed E-state index contributed by atoms with van der Waals surface area (Å²) in [6.07, 6.45) is 5.16. The van der Waals surface area contributed by atoms with Crippen LogP contribution in [0.25, 0.3) is 22.1 Å². The molecule has 32 heavy (non-hydrogen) atoms. The summed E-state index contributed by atoms with van der Waals surface area (Å²) < 4.78 is 4.06. The zero-order valence-corrected chi connectivity index (χ0v) is 20.3. The van der Waals surface area contributed by atoms with Crippen molar-refractivity contribution >= 4 is 33.7 Å². The van der Waals surface area contributed by atoms with Gasteiger partial charge in [0, 0.05) is 18.3 Å². The van der Waals surface area contributed by atoms with E-state index in [4.69, 9.17) is 11.5 Å². The van der Waals surface area contributed by atoms with Gasteiger partial charge in [-0.2, -0.15) is 5.10 Å². The quantitative estimate of drug-likeness (QED) is 0.468. The highest BCUT2D eigenvalue weighted by Crippen LogP contribution is 2.31. The molecular formula is C23H35N9. The van der Waals surface area contributed by atoms with Gasteiger partial charge in [0.1, 0.15) is 29.9 Å². The van der Waals surface area contributed by atoms with E-state index in [1.807, 2.05) is 4.68 Å². The zero-order chi connectivity index (χ0) is 23.7. The molecule has 4 heterocycles. The number of nitrogens with zero attached hydrogens (tertiary/aromatic N) is 7. The maximum atomic E-state index is 5.94. The highest BCUT2D eigenvalue weighted by molar-refractivity contribution is 5.90. The second kappa shape index (κ2) is 9.10. The van der Waals surface area contributed by atoms with Crippen molar-refractivity contribution in [2.75, 3.05) is 11.5 Å². The molecule has 0 amide bonds. The average Bonchev–Trinajstić information content (AvgIpc) is 3.29. The number of nitrogens with two attached hydrogens (primary N) is 2. The molecule has 172 valence electrons. The van der Waals surface area contributed by atoms with Gasteiger partial charge in [-0.1, -0.05) is 27.7 Å². The highest BCUT2D eigenvalue weighted by Gasteiger charge is 2.19. The second-order valence-electron chi connectivity index (χ2n) is 9.23. The molecule has 4 aromatic rings. The Morgan fingerprint density at radius 3 is 1.75 bits per heavy atom. The number of hydrogen-bond acceptors (Lipinski definition) is 7. The van der Waals surface area contributed by atoms with E-state index in [0.29, 0.717) is 29.5 Å². The molecule has 0 spiro atoms. The lowest BCUT2D eigenvalue weighted by atomic mass is 10.0. The molecule has 0 unspecified atom stereocenters. The van der Waals surface area contributed by atoms with Gasteiger partial charge in [0.2, 0.25) is 0 Å². The van der Waals surface area contributed by atoms with E-state index in [9.17, 15) is 0 Å². The Labute approximate surface area is 189 Å². The number of nitrogen functional groups attached to an aromatic ring is 2. The zero-order valence-electron chi connectivity index (χ0n) is 20.3. The largest absolute Gasteiger partial charge is 0.383 e. The van der Waals surface area contributed by atoms with Gasteiger partial charge in [0.25, 0.3) is 0 Å². The van der Waals surface area contributed by atoms with Crippen molar-refractivity contribution in [3.8, 4) is 0 Å². The minimum atomic E-state index is 0.268. The number of fused-ring (bicyclic) bond motifs is 2. The molecule has 0 bridgehead atoms. The van der Waals surface area contributed by atoms with Crippen LogP contribution < -0.4 is 11.5 Å². The summed E-state index contributed by atoms with van der Waals surface area (Å²) in [4.78, 5) is 16.7. The SMILES string of the molecule is CC(C)c1cn(C(C)C)c2ncnc(N)c12.CC(C)c1nn(C(C)C)c2ncnc(N)c12. The van der Waals surface area contributed by atoms with Crippen molar-refractivity contribution < 1.29 is 0 Å². The summed E-state index contributed by atoms with van der Waals surface area (Å²) in [6.45, 7) is 16.9. The molecule has 9 heteroatoms. The van der Waals surface area contributed by atoms with Crippen LogP contribution in [-0.4, -0.2) is 34.3 Å². The third-order valence-corrected chi connectivity index (χ3v) is 5.43. The summed E-state index contributed by atoms with van der Waals surface area (Å²) >= 11 is 0. The van der Waals surface area contributed by atoms with Crippen molar-refractivity contribution in [2.45, 2.75) is 79.3 Å². The Morgan fingerprint density at radius 1 is 0.688 bits per heavy atom. The minimum absolute atomic E-state index is 0.268. The number of hydrogen-bond donors (Lipinski definition) is 2. The van der Waals surface area contributed by atoms with Crippen LogP contribution in [-0.2, 0) is 0 Å². The van der Waals surface area contributed by atoms with Crippen LogP contribution in [0, 0.1) is 0 Å². The van der Waals surface area contributed by atoms with Gasteiger partial charge in [0.05, 0.1) is 16.5 Å². The fourth-order valence-corrected chi connectivity index (χ4v) is 3.76. The molecule has 0 atom stereocenters. The Kier molecular flexibility index (Phi) is 6.66.